The van der Waals surface area contributed by atoms with Crippen LogP contribution in [0.5, 0.6) is 5.75 Å². The number of sulfone groups is 1. The molecule has 1 aliphatic rings. The molecule has 1 heterocycles. The van der Waals surface area contributed by atoms with Crippen molar-refractivity contribution in [1.29, 1.82) is 0 Å². The van der Waals surface area contributed by atoms with E-state index in [2.05, 4.69) is 15.3 Å². The summed E-state index contributed by atoms with van der Waals surface area (Å²) in [5.74, 6) is 1.30. The SMILES string of the molecule is CCS(=O)(=O)c1ccc(O)c(Nc2nc(C)nc3c2CCC3)c1.Cl. The Morgan fingerprint density at radius 3 is 2.71 bits per heavy atom. The highest BCUT2D eigenvalue weighted by molar-refractivity contribution is 7.91. The summed E-state index contributed by atoms with van der Waals surface area (Å²) in [5.41, 5.74) is 2.40. The van der Waals surface area contributed by atoms with Crippen LogP contribution in [0.15, 0.2) is 23.1 Å². The van der Waals surface area contributed by atoms with E-state index in [0.29, 0.717) is 17.3 Å². The quantitative estimate of drug-likeness (QED) is 0.805. The molecule has 0 saturated heterocycles. The molecule has 0 fully saturated rings. The van der Waals surface area contributed by atoms with Gasteiger partial charge in [0.25, 0.3) is 0 Å². The Labute approximate surface area is 147 Å². The van der Waals surface area contributed by atoms with E-state index in [9.17, 15) is 13.5 Å². The Hall–Kier alpha value is -1.86. The molecule has 8 heteroatoms. The third kappa shape index (κ3) is 3.47. The number of hydrogen-bond acceptors (Lipinski definition) is 6. The molecule has 1 aromatic carbocycles. The van der Waals surface area contributed by atoms with Crippen molar-refractivity contribution in [2.24, 2.45) is 0 Å². The van der Waals surface area contributed by atoms with Crippen molar-refractivity contribution in [3.63, 3.8) is 0 Å². The Morgan fingerprint density at radius 2 is 2.00 bits per heavy atom. The smallest absolute Gasteiger partial charge is 0.178 e. The summed E-state index contributed by atoms with van der Waals surface area (Å²) in [7, 11) is -3.33. The summed E-state index contributed by atoms with van der Waals surface area (Å²) in [6.07, 6.45) is 2.83. The molecule has 0 atom stereocenters. The molecular formula is C16H20ClN3O3S. The van der Waals surface area contributed by atoms with Gasteiger partial charge in [-0.3, -0.25) is 0 Å². The first-order chi connectivity index (χ1) is 10.9. The van der Waals surface area contributed by atoms with E-state index >= 15 is 0 Å². The number of anilines is 2. The molecule has 24 heavy (non-hydrogen) atoms. The molecule has 1 aliphatic carbocycles. The number of rotatable bonds is 4. The van der Waals surface area contributed by atoms with Gasteiger partial charge in [0, 0.05) is 11.3 Å². The van der Waals surface area contributed by atoms with Crippen LogP contribution in [-0.2, 0) is 22.7 Å². The van der Waals surface area contributed by atoms with Gasteiger partial charge in [0.2, 0.25) is 0 Å². The maximum absolute atomic E-state index is 12.0. The molecule has 0 amide bonds. The molecule has 3 rings (SSSR count). The van der Waals surface area contributed by atoms with Gasteiger partial charge < -0.3 is 10.4 Å². The Kier molecular flexibility index (Phi) is 5.35. The van der Waals surface area contributed by atoms with Crippen LogP contribution < -0.4 is 5.32 Å². The molecule has 0 saturated carbocycles. The van der Waals surface area contributed by atoms with E-state index in [1.54, 1.807) is 6.92 Å². The van der Waals surface area contributed by atoms with Crippen molar-refractivity contribution < 1.29 is 13.5 Å². The topological polar surface area (TPSA) is 92.2 Å². The van der Waals surface area contributed by atoms with Gasteiger partial charge in [-0.15, -0.1) is 12.4 Å². The van der Waals surface area contributed by atoms with E-state index < -0.39 is 9.84 Å². The van der Waals surface area contributed by atoms with Crippen molar-refractivity contribution in [2.75, 3.05) is 11.1 Å². The number of fused-ring (bicyclic) bond motifs is 1. The van der Waals surface area contributed by atoms with E-state index in [1.807, 2.05) is 6.92 Å². The van der Waals surface area contributed by atoms with Gasteiger partial charge in [0.1, 0.15) is 17.4 Å². The van der Waals surface area contributed by atoms with Crippen molar-refractivity contribution in [2.45, 2.75) is 38.0 Å². The van der Waals surface area contributed by atoms with Gasteiger partial charge in [-0.25, -0.2) is 18.4 Å². The number of benzene rings is 1. The minimum atomic E-state index is -3.33. The molecule has 0 aliphatic heterocycles. The van der Waals surface area contributed by atoms with Crippen LogP contribution in [0.4, 0.5) is 11.5 Å². The molecule has 0 spiro atoms. The van der Waals surface area contributed by atoms with E-state index in [1.165, 1.54) is 18.2 Å². The van der Waals surface area contributed by atoms with Gasteiger partial charge in [0.05, 0.1) is 16.3 Å². The average Bonchev–Trinajstić information content (AvgIpc) is 2.97. The molecule has 0 radical (unpaired) electrons. The monoisotopic (exact) mass is 369 g/mol. The zero-order valence-electron chi connectivity index (χ0n) is 13.5. The Balaban J connectivity index is 0.00000208. The molecule has 2 N–H and O–H groups in total. The number of halogens is 1. The van der Waals surface area contributed by atoms with Gasteiger partial charge in [-0.05, 0) is 44.4 Å². The van der Waals surface area contributed by atoms with Crippen LogP contribution >= 0.6 is 12.4 Å². The number of hydrogen-bond donors (Lipinski definition) is 2. The fraction of sp³-hybridized carbons (Fsp3) is 0.375. The lowest BCUT2D eigenvalue weighted by atomic mass is 10.2. The predicted octanol–water partition coefficient (Wildman–Crippen LogP) is 2.94. The van der Waals surface area contributed by atoms with E-state index in [0.717, 1.165) is 30.5 Å². The predicted molar refractivity (Wildman–Crippen MR) is 95.2 cm³/mol. The summed E-state index contributed by atoms with van der Waals surface area (Å²) in [6, 6.07) is 4.25. The van der Waals surface area contributed by atoms with E-state index in [-0.39, 0.29) is 28.8 Å². The number of nitrogens with zero attached hydrogens (tertiary/aromatic N) is 2. The number of phenolic OH excluding ortho intramolecular Hbond substituents is 1. The fourth-order valence-corrected chi connectivity index (χ4v) is 3.67. The largest absolute Gasteiger partial charge is 0.506 e. The maximum Gasteiger partial charge on any atom is 0.178 e. The van der Waals surface area contributed by atoms with Crippen LogP contribution in [0.25, 0.3) is 0 Å². The summed E-state index contributed by atoms with van der Waals surface area (Å²) in [4.78, 5) is 9.03. The highest BCUT2D eigenvalue weighted by Gasteiger charge is 2.20. The normalized spacial score (nSPS) is 13.2. The lowest BCUT2D eigenvalue weighted by Crippen LogP contribution is -2.06. The van der Waals surface area contributed by atoms with E-state index in [4.69, 9.17) is 0 Å². The molecule has 130 valence electrons. The average molecular weight is 370 g/mol. The van der Waals surface area contributed by atoms with Crippen LogP contribution in [0.3, 0.4) is 0 Å². The van der Waals surface area contributed by atoms with Crippen molar-refractivity contribution in [3.05, 3.63) is 35.3 Å². The summed E-state index contributed by atoms with van der Waals surface area (Å²) in [5, 5.41) is 13.1. The highest BCUT2D eigenvalue weighted by Crippen LogP contribution is 2.33. The number of aromatic hydroxyl groups is 1. The second-order valence-corrected chi connectivity index (χ2v) is 7.88. The van der Waals surface area contributed by atoms with Gasteiger partial charge in [0.15, 0.2) is 9.84 Å². The summed E-state index contributed by atoms with van der Waals surface area (Å²) < 4.78 is 24.0. The maximum atomic E-state index is 12.0. The lowest BCUT2D eigenvalue weighted by Gasteiger charge is -2.13. The van der Waals surface area contributed by atoms with Gasteiger partial charge in [-0.2, -0.15) is 0 Å². The molecule has 6 nitrogen and oxygen atoms in total. The van der Waals surface area contributed by atoms with Gasteiger partial charge >= 0.3 is 0 Å². The molecule has 1 aromatic heterocycles. The summed E-state index contributed by atoms with van der Waals surface area (Å²) >= 11 is 0. The molecule has 0 unspecified atom stereocenters. The van der Waals surface area contributed by atoms with Crippen LogP contribution in [0.1, 0.15) is 30.4 Å². The van der Waals surface area contributed by atoms with Crippen molar-refractivity contribution >= 4 is 33.7 Å². The van der Waals surface area contributed by atoms with Crippen LogP contribution in [-0.4, -0.2) is 29.2 Å². The first-order valence-electron chi connectivity index (χ1n) is 7.60. The van der Waals surface area contributed by atoms with Crippen molar-refractivity contribution in [1.82, 2.24) is 9.97 Å². The van der Waals surface area contributed by atoms with Crippen LogP contribution in [0, 0.1) is 6.92 Å². The standard InChI is InChI=1S/C16H19N3O3S.ClH/c1-3-23(21,22)11-7-8-15(20)14(9-11)19-16-12-5-4-6-13(12)17-10(2)18-16;/h7-9,20H,3-6H2,1-2H3,(H,17,18,19);1H. The Bertz CT molecular complexity index is 869. The van der Waals surface area contributed by atoms with Crippen molar-refractivity contribution in [3.8, 4) is 5.75 Å². The molecule has 0 bridgehead atoms. The lowest BCUT2D eigenvalue weighted by molar-refractivity contribution is 0.477. The number of aromatic nitrogens is 2. The zero-order valence-corrected chi connectivity index (χ0v) is 15.2. The minimum Gasteiger partial charge on any atom is -0.506 e. The first-order valence-corrected chi connectivity index (χ1v) is 9.25. The third-order valence-electron chi connectivity index (χ3n) is 4.01. The number of nitrogens with one attached hydrogen (secondary N) is 1. The first kappa shape index (κ1) is 18.5. The molecule has 2 aromatic rings. The highest BCUT2D eigenvalue weighted by atomic mass is 35.5. The number of phenols is 1. The minimum absolute atomic E-state index is 0. The summed E-state index contributed by atoms with van der Waals surface area (Å²) in [6.45, 7) is 3.41. The van der Waals surface area contributed by atoms with Gasteiger partial charge in [-0.1, -0.05) is 6.92 Å². The second kappa shape index (κ2) is 6.94. The fourth-order valence-electron chi connectivity index (χ4n) is 2.76. The second-order valence-electron chi connectivity index (χ2n) is 5.61. The third-order valence-corrected chi connectivity index (χ3v) is 5.74. The zero-order chi connectivity index (χ0) is 16.6. The molecular weight excluding hydrogens is 350 g/mol. The Morgan fingerprint density at radius 1 is 1.25 bits per heavy atom. The van der Waals surface area contributed by atoms with Crippen LogP contribution in [0.2, 0.25) is 0 Å². The number of aryl methyl sites for hydroxylation is 2.